The standard InChI is InChI=1S/C15H25NO/c1-12-10-13(2)14(3)15(11-12)17-9-7-6-8-16(4)5/h10-11H,6-9H2,1-5H3/p+1. The number of quaternary nitrogens is 1. The molecule has 0 saturated carbocycles. The van der Waals surface area contributed by atoms with Gasteiger partial charge in [0.25, 0.3) is 0 Å². The minimum Gasteiger partial charge on any atom is -0.493 e. The van der Waals surface area contributed by atoms with Crippen LogP contribution in [-0.4, -0.2) is 27.2 Å². The van der Waals surface area contributed by atoms with Crippen molar-refractivity contribution >= 4 is 0 Å². The van der Waals surface area contributed by atoms with Gasteiger partial charge in [-0.3, -0.25) is 0 Å². The van der Waals surface area contributed by atoms with Crippen LogP contribution in [0.1, 0.15) is 29.5 Å². The van der Waals surface area contributed by atoms with Gasteiger partial charge in [0.1, 0.15) is 5.75 Å². The summed E-state index contributed by atoms with van der Waals surface area (Å²) >= 11 is 0. The molecule has 2 nitrogen and oxygen atoms in total. The lowest BCUT2D eigenvalue weighted by Crippen LogP contribution is -3.05. The number of hydrogen-bond donors (Lipinski definition) is 1. The fraction of sp³-hybridized carbons (Fsp3) is 0.600. The number of unbranched alkanes of at least 4 members (excludes halogenated alkanes) is 1. The van der Waals surface area contributed by atoms with Crippen LogP contribution in [-0.2, 0) is 0 Å². The molecule has 1 aromatic rings. The lowest BCUT2D eigenvalue weighted by atomic mass is 10.1. The van der Waals surface area contributed by atoms with Crippen LogP contribution in [0.2, 0.25) is 0 Å². The molecule has 1 rings (SSSR count). The maximum Gasteiger partial charge on any atom is 0.122 e. The molecule has 0 spiro atoms. The smallest absolute Gasteiger partial charge is 0.122 e. The van der Waals surface area contributed by atoms with Crippen molar-refractivity contribution in [2.24, 2.45) is 0 Å². The molecule has 96 valence electrons. The van der Waals surface area contributed by atoms with Gasteiger partial charge in [0, 0.05) is 0 Å². The van der Waals surface area contributed by atoms with Gasteiger partial charge in [-0.2, -0.15) is 0 Å². The van der Waals surface area contributed by atoms with Gasteiger partial charge in [-0.15, -0.1) is 0 Å². The normalized spacial score (nSPS) is 10.9. The molecule has 0 amide bonds. The fourth-order valence-corrected chi connectivity index (χ4v) is 1.91. The molecule has 17 heavy (non-hydrogen) atoms. The Balaban J connectivity index is 2.41. The van der Waals surface area contributed by atoms with E-state index in [2.05, 4.69) is 47.0 Å². The minimum absolute atomic E-state index is 0.830. The first-order valence-electron chi connectivity index (χ1n) is 6.50. The van der Waals surface area contributed by atoms with Crippen molar-refractivity contribution in [3.8, 4) is 5.75 Å². The summed E-state index contributed by atoms with van der Waals surface area (Å²) in [5, 5.41) is 0. The highest BCUT2D eigenvalue weighted by atomic mass is 16.5. The third-order valence-corrected chi connectivity index (χ3v) is 3.09. The molecular formula is C15H26NO+. The summed E-state index contributed by atoms with van der Waals surface area (Å²) in [6.45, 7) is 8.44. The summed E-state index contributed by atoms with van der Waals surface area (Å²) in [6, 6.07) is 4.34. The monoisotopic (exact) mass is 236 g/mol. The topological polar surface area (TPSA) is 13.7 Å². The molecule has 2 heteroatoms. The highest BCUT2D eigenvalue weighted by Gasteiger charge is 2.03. The molecule has 0 heterocycles. The Labute approximate surface area is 106 Å². The van der Waals surface area contributed by atoms with E-state index in [9.17, 15) is 0 Å². The number of hydrogen-bond acceptors (Lipinski definition) is 1. The van der Waals surface area contributed by atoms with E-state index in [0.717, 1.165) is 18.8 Å². The SMILES string of the molecule is Cc1cc(C)c(C)c(OCCCC[NH+](C)C)c1. The fourth-order valence-electron chi connectivity index (χ4n) is 1.91. The van der Waals surface area contributed by atoms with Gasteiger partial charge in [-0.25, -0.2) is 0 Å². The van der Waals surface area contributed by atoms with Crippen LogP contribution < -0.4 is 9.64 Å². The molecule has 1 N–H and O–H groups in total. The Morgan fingerprint density at radius 1 is 1.06 bits per heavy atom. The maximum absolute atomic E-state index is 5.87. The average Bonchev–Trinajstić information content (AvgIpc) is 2.23. The third-order valence-electron chi connectivity index (χ3n) is 3.09. The van der Waals surface area contributed by atoms with Crippen molar-refractivity contribution in [2.75, 3.05) is 27.2 Å². The lowest BCUT2D eigenvalue weighted by Gasteiger charge is -2.12. The number of benzene rings is 1. The third kappa shape index (κ3) is 4.78. The molecule has 0 aliphatic rings. The molecule has 0 atom stereocenters. The van der Waals surface area contributed by atoms with E-state index in [-0.39, 0.29) is 0 Å². The van der Waals surface area contributed by atoms with Crippen LogP contribution in [0.3, 0.4) is 0 Å². The Hall–Kier alpha value is -1.02. The summed E-state index contributed by atoms with van der Waals surface area (Å²) in [5.74, 6) is 1.06. The first kappa shape index (κ1) is 14.0. The predicted octanol–water partition coefficient (Wildman–Crippen LogP) is 1.92. The second kappa shape index (κ2) is 6.65. The van der Waals surface area contributed by atoms with Gasteiger partial charge in [0.15, 0.2) is 0 Å². The first-order valence-corrected chi connectivity index (χ1v) is 6.50. The maximum atomic E-state index is 5.87. The molecule has 0 saturated heterocycles. The Morgan fingerprint density at radius 3 is 2.41 bits per heavy atom. The largest absolute Gasteiger partial charge is 0.493 e. The van der Waals surface area contributed by atoms with Crippen molar-refractivity contribution in [1.29, 1.82) is 0 Å². The zero-order valence-electron chi connectivity index (χ0n) is 11.9. The van der Waals surface area contributed by atoms with Crippen molar-refractivity contribution < 1.29 is 9.64 Å². The van der Waals surface area contributed by atoms with Crippen LogP contribution in [0.25, 0.3) is 0 Å². The highest BCUT2D eigenvalue weighted by Crippen LogP contribution is 2.23. The highest BCUT2D eigenvalue weighted by molar-refractivity contribution is 5.41. The average molecular weight is 236 g/mol. The van der Waals surface area contributed by atoms with E-state index in [4.69, 9.17) is 4.74 Å². The van der Waals surface area contributed by atoms with Crippen molar-refractivity contribution in [3.63, 3.8) is 0 Å². The van der Waals surface area contributed by atoms with Crippen molar-refractivity contribution in [1.82, 2.24) is 0 Å². The van der Waals surface area contributed by atoms with E-state index in [0.29, 0.717) is 0 Å². The number of rotatable bonds is 6. The molecule has 0 bridgehead atoms. The van der Waals surface area contributed by atoms with Crippen LogP contribution in [0.5, 0.6) is 5.75 Å². The van der Waals surface area contributed by atoms with Crippen LogP contribution in [0, 0.1) is 20.8 Å². The number of ether oxygens (including phenoxy) is 1. The summed E-state index contributed by atoms with van der Waals surface area (Å²) in [7, 11) is 4.38. The number of nitrogens with one attached hydrogen (secondary N) is 1. The van der Waals surface area contributed by atoms with Gasteiger partial charge in [0.2, 0.25) is 0 Å². The quantitative estimate of drug-likeness (QED) is 0.745. The van der Waals surface area contributed by atoms with Crippen LogP contribution >= 0.6 is 0 Å². The van der Waals surface area contributed by atoms with E-state index in [1.807, 2.05) is 0 Å². The van der Waals surface area contributed by atoms with E-state index >= 15 is 0 Å². The zero-order valence-corrected chi connectivity index (χ0v) is 11.9. The summed E-state index contributed by atoms with van der Waals surface area (Å²) < 4.78 is 5.87. The molecule has 0 fully saturated rings. The molecule has 0 radical (unpaired) electrons. The molecule has 1 aromatic carbocycles. The zero-order chi connectivity index (χ0) is 12.8. The van der Waals surface area contributed by atoms with Crippen LogP contribution in [0.15, 0.2) is 12.1 Å². The second-order valence-corrected chi connectivity index (χ2v) is 5.22. The van der Waals surface area contributed by atoms with Gasteiger partial charge in [-0.05, 0) is 56.4 Å². The molecule has 0 aromatic heterocycles. The number of aryl methyl sites for hydroxylation is 2. The molecule has 0 aliphatic carbocycles. The predicted molar refractivity (Wildman–Crippen MR) is 73.1 cm³/mol. The lowest BCUT2D eigenvalue weighted by molar-refractivity contribution is -0.858. The van der Waals surface area contributed by atoms with E-state index in [1.54, 1.807) is 0 Å². The van der Waals surface area contributed by atoms with Gasteiger partial charge < -0.3 is 9.64 Å². The van der Waals surface area contributed by atoms with Crippen molar-refractivity contribution in [2.45, 2.75) is 33.6 Å². The van der Waals surface area contributed by atoms with Gasteiger partial charge in [0.05, 0.1) is 27.2 Å². The Morgan fingerprint density at radius 2 is 1.76 bits per heavy atom. The van der Waals surface area contributed by atoms with E-state index < -0.39 is 0 Å². The molecular weight excluding hydrogens is 210 g/mol. The van der Waals surface area contributed by atoms with Crippen molar-refractivity contribution in [3.05, 3.63) is 28.8 Å². The summed E-state index contributed by atoms with van der Waals surface area (Å²) in [4.78, 5) is 1.51. The Kier molecular flexibility index (Phi) is 5.49. The van der Waals surface area contributed by atoms with Gasteiger partial charge >= 0.3 is 0 Å². The summed E-state index contributed by atoms with van der Waals surface area (Å²) in [5.41, 5.74) is 3.87. The van der Waals surface area contributed by atoms with Crippen LogP contribution in [0.4, 0.5) is 0 Å². The second-order valence-electron chi connectivity index (χ2n) is 5.22. The first-order chi connectivity index (χ1) is 8.00. The molecule has 0 aliphatic heterocycles. The molecule has 0 unspecified atom stereocenters. The summed E-state index contributed by atoms with van der Waals surface area (Å²) in [6.07, 6.45) is 2.36. The van der Waals surface area contributed by atoms with E-state index in [1.165, 1.54) is 34.6 Å². The minimum atomic E-state index is 0.830. The van der Waals surface area contributed by atoms with Gasteiger partial charge in [-0.1, -0.05) is 6.07 Å². The Bertz CT molecular complexity index is 358.